The molecule has 0 unspecified atom stereocenters. The van der Waals surface area contributed by atoms with Crippen molar-refractivity contribution in [2.45, 2.75) is 6.04 Å². The maximum atomic E-state index is 12.0. The van der Waals surface area contributed by atoms with Gasteiger partial charge in [-0.2, -0.15) is 0 Å². The van der Waals surface area contributed by atoms with Crippen LogP contribution in [-0.4, -0.2) is 17.6 Å². The first-order chi connectivity index (χ1) is 8.70. The molecule has 0 aliphatic rings. The van der Waals surface area contributed by atoms with E-state index in [1.165, 1.54) is 11.3 Å². The predicted molar refractivity (Wildman–Crippen MR) is 75.8 cm³/mol. The van der Waals surface area contributed by atoms with Crippen LogP contribution >= 0.6 is 27.3 Å². The van der Waals surface area contributed by atoms with E-state index < -0.39 is 0 Å². The fourth-order valence-electron chi connectivity index (χ4n) is 1.59. The van der Waals surface area contributed by atoms with Gasteiger partial charge in [-0.1, -0.05) is 30.3 Å². The van der Waals surface area contributed by atoms with Crippen LogP contribution in [0.15, 0.2) is 46.3 Å². The number of thiophene rings is 1. The molecule has 1 aromatic carbocycles. The van der Waals surface area contributed by atoms with Crippen LogP contribution in [0.1, 0.15) is 21.3 Å². The van der Waals surface area contributed by atoms with Crippen LogP contribution in [-0.2, 0) is 0 Å². The van der Waals surface area contributed by atoms with E-state index in [0.717, 1.165) is 9.35 Å². The summed E-state index contributed by atoms with van der Waals surface area (Å²) in [6, 6.07) is 12.6. The monoisotopic (exact) mass is 325 g/mol. The SMILES string of the molecule is O=C(N[C@@H](CO)c1ccccc1)c1ccc(Br)s1. The number of hydrogen-bond donors (Lipinski definition) is 2. The molecule has 0 saturated carbocycles. The van der Waals surface area contributed by atoms with E-state index in [0.29, 0.717) is 4.88 Å². The molecule has 0 aliphatic carbocycles. The average Bonchev–Trinajstić information content (AvgIpc) is 2.83. The van der Waals surface area contributed by atoms with E-state index in [1.54, 1.807) is 6.07 Å². The molecule has 1 aromatic heterocycles. The summed E-state index contributed by atoms with van der Waals surface area (Å²) in [7, 11) is 0. The molecule has 3 nitrogen and oxygen atoms in total. The zero-order valence-electron chi connectivity index (χ0n) is 9.47. The summed E-state index contributed by atoms with van der Waals surface area (Å²) in [5.41, 5.74) is 0.893. The Bertz CT molecular complexity index is 527. The fourth-order valence-corrected chi connectivity index (χ4v) is 2.87. The minimum Gasteiger partial charge on any atom is -0.394 e. The Morgan fingerprint density at radius 1 is 1.28 bits per heavy atom. The van der Waals surface area contributed by atoms with E-state index in [2.05, 4.69) is 21.2 Å². The van der Waals surface area contributed by atoms with Gasteiger partial charge < -0.3 is 10.4 Å². The van der Waals surface area contributed by atoms with Crippen molar-refractivity contribution in [1.82, 2.24) is 5.32 Å². The molecule has 18 heavy (non-hydrogen) atoms. The average molecular weight is 326 g/mol. The molecule has 0 aliphatic heterocycles. The first kappa shape index (κ1) is 13.3. The van der Waals surface area contributed by atoms with Crippen molar-refractivity contribution in [2.75, 3.05) is 6.61 Å². The van der Waals surface area contributed by atoms with Gasteiger partial charge in [0.05, 0.1) is 21.3 Å². The van der Waals surface area contributed by atoms with Crippen LogP contribution in [0.25, 0.3) is 0 Å². The number of aliphatic hydroxyl groups excluding tert-OH is 1. The highest BCUT2D eigenvalue weighted by Gasteiger charge is 2.15. The Kier molecular flexibility index (Phi) is 4.52. The molecule has 5 heteroatoms. The molecular weight excluding hydrogens is 314 g/mol. The third-order valence-corrected chi connectivity index (χ3v) is 4.11. The van der Waals surface area contributed by atoms with Gasteiger partial charge in [0.1, 0.15) is 0 Å². The van der Waals surface area contributed by atoms with Gasteiger partial charge >= 0.3 is 0 Å². The van der Waals surface area contributed by atoms with Crippen molar-refractivity contribution >= 4 is 33.2 Å². The Morgan fingerprint density at radius 3 is 2.56 bits per heavy atom. The van der Waals surface area contributed by atoms with Gasteiger partial charge in [-0.3, -0.25) is 4.79 Å². The maximum Gasteiger partial charge on any atom is 0.261 e. The van der Waals surface area contributed by atoms with Crippen LogP contribution in [0.5, 0.6) is 0 Å². The quantitative estimate of drug-likeness (QED) is 0.907. The molecule has 2 rings (SSSR count). The Morgan fingerprint density at radius 2 is 2.00 bits per heavy atom. The second kappa shape index (κ2) is 6.13. The molecule has 0 radical (unpaired) electrons. The summed E-state index contributed by atoms with van der Waals surface area (Å²) < 4.78 is 0.910. The molecule has 1 amide bonds. The normalized spacial score (nSPS) is 12.1. The van der Waals surface area contributed by atoms with Crippen LogP contribution in [0.3, 0.4) is 0 Å². The standard InChI is InChI=1S/C13H12BrNO2S/c14-12-7-6-11(18-12)13(17)15-10(8-16)9-4-2-1-3-5-9/h1-7,10,16H,8H2,(H,15,17)/t10-/m0/s1. The number of amides is 1. The van der Waals surface area contributed by atoms with Crippen molar-refractivity contribution in [3.05, 3.63) is 56.7 Å². The Balaban J connectivity index is 2.10. The summed E-state index contributed by atoms with van der Waals surface area (Å²) in [5.74, 6) is -0.173. The molecule has 2 N–H and O–H groups in total. The van der Waals surface area contributed by atoms with Crippen LogP contribution in [0.2, 0.25) is 0 Å². The van der Waals surface area contributed by atoms with Gasteiger partial charge in [0.15, 0.2) is 0 Å². The predicted octanol–water partition coefficient (Wildman–Crippen LogP) is 2.97. The van der Waals surface area contributed by atoms with Gasteiger partial charge in [0.2, 0.25) is 0 Å². The smallest absolute Gasteiger partial charge is 0.261 e. The summed E-state index contributed by atoms with van der Waals surface area (Å²) in [6.07, 6.45) is 0. The van der Waals surface area contributed by atoms with Gasteiger partial charge in [-0.05, 0) is 33.6 Å². The number of benzene rings is 1. The van der Waals surface area contributed by atoms with Gasteiger partial charge in [-0.25, -0.2) is 0 Å². The molecule has 0 saturated heterocycles. The minimum absolute atomic E-state index is 0.123. The number of nitrogens with one attached hydrogen (secondary N) is 1. The lowest BCUT2D eigenvalue weighted by Gasteiger charge is -2.16. The zero-order chi connectivity index (χ0) is 13.0. The first-order valence-electron chi connectivity index (χ1n) is 5.42. The van der Waals surface area contributed by atoms with Crippen molar-refractivity contribution in [1.29, 1.82) is 0 Å². The number of rotatable bonds is 4. The Hall–Kier alpha value is -1.17. The van der Waals surface area contributed by atoms with Crippen LogP contribution in [0.4, 0.5) is 0 Å². The summed E-state index contributed by atoms with van der Waals surface area (Å²) in [4.78, 5) is 12.6. The lowest BCUT2D eigenvalue weighted by Crippen LogP contribution is -2.30. The highest BCUT2D eigenvalue weighted by Crippen LogP contribution is 2.22. The van der Waals surface area contributed by atoms with Gasteiger partial charge in [0.25, 0.3) is 5.91 Å². The molecule has 0 bridgehead atoms. The topological polar surface area (TPSA) is 49.3 Å². The molecule has 94 valence electrons. The molecule has 0 spiro atoms. The second-order valence-corrected chi connectivity index (χ2v) is 6.19. The third-order valence-electron chi connectivity index (χ3n) is 2.49. The molecule has 2 aromatic rings. The molecule has 0 fully saturated rings. The third kappa shape index (κ3) is 3.19. The largest absolute Gasteiger partial charge is 0.394 e. The van der Waals surface area contributed by atoms with Gasteiger partial charge in [0, 0.05) is 0 Å². The maximum absolute atomic E-state index is 12.0. The Labute approximate surface area is 118 Å². The highest BCUT2D eigenvalue weighted by atomic mass is 79.9. The lowest BCUT2D eigenvalue weighted by molar-refractivity contribution is 0.0920. The highest BCUT2D eigenvalue weighted by molar-refractivity contribution is 9.11. The van der Waals surface area contributed by atoms with Crippen LogP contribution in [0, 0.1) is 0 Å². The van der Waals surface area contributed by atoms with E-state index in [4.69, 9.17) is 0 Å². The van der Waals surface area contributed by atoms with Crippen molar-refractivity contribution < 1.29 is 9.90 Å². The molecule has 1 heterocycles. The molecular formula is C13H12BrNO2S. The number of carbonyl (C=O) groups is 1. The fraction of sp³-hybridized carbons (Fsp3) is 0.154. The van der Waals surface area contributed by atoms with E-state index in [1.807, 2.05) is 36.4 Å². The number of carbonyl (C=O) groups excluding carboxylic acids is 1. The van der Waals surface area contributed by atoms with E-state index >= 15 is 0 Å². The minimum atomic E-state index is -0.375. The van der Waals surface area contributed by atoms with Crippen molar-refractivity contribution in [3.8, 4) is 0 Å². The second-order valence-electron chi connectivity index (χ2n) is 3.72. The summed E-state index contributed by atoms with van der Waals surface area (Å²) in [5, 5.41) is 12.2. The van der Waals surface area contributed by atoms with Gasteiger partial charge in [-0.15, -0.1) is 11.3 Å². The van der Waals surface area contributed by atoms with Crippen molar-refractivity contribution in [3.63, 3.8) is 0 Å². The summed E-state index contributed by atoms with van der Waals surface area (Å²) in [6.45, 7) is -0.123. The van der Waals surface area contributed by atoms with E-state index in [-0.39, 0.29) is 18.6 Å². The van der Waals surface area contributed by atoms with Crippen LogP contribution < -0.4 is 5.32 Å². The van der Waals surface area contributed by atoms with E-state index in [9.17, 15) is 9.90 Å². The zero-order valence-corrected chi connectivity index (χ0v) is 11.9. The van der Waals surface area contributed by atoms with Crippen molar-refractivity contribution in [2.24, 2.45) is 0 Å². The number of aliphatic hydroxyl groups is 1. The first-order valence-corrected chi connectivity index (χ1v) is 7.03. The number of hydrogen-bond acceptors (Lipinski definition) is 3. The molecule has 1 atom stereocenters. The summed E-state index contributed by atoms with van der Waals surface area (Å²) >= 11 is 4.68. The number of halogens is 1. The lowest BCUT2D eigenvalue weighted by atomic mass is 10.1.